The molecule has 2 fully saturated rings. The molecule has 3 aromatic rings. The van der Waals surface area contributed by atoms with Gasteiger partial charge in [-0.15, -0.1) is 0 Å². The predicted molar refractivity (Wildman–Crippen MR) is 139 cm³/mol. The van der Waals surface area contributed by atoms with Crippen LogP contribution in [0.3, 0.4) is 0 Å². The summed E-state index contributed by atoms with van der Waals surface area (Å²) in [5.74, 6) is -0.262. The molecule has 0 spiro atoms. The van der Waals surface area contributed by atoms with E-state index in [2.05, 4.69) is 6.07 Å². The maximum atomic E-state index is 13.7. The summed E-state index contributed by atoms with van der Waals surface area (Å²) in [6, 6.07) is 12.3. The monoisotopic (exact) mass is 533 g/mol. The smallest absolute Gasteiger partial charge is 0.243 e. The molecular formula is C25H28ClN3O4S2. The number of rotatable bonds is 6. The number of benzene rings is 2. The molecule has 2 aliphatic rings. The normalized spacial score (nSPS) is 19.9. The first-order chi connectivity index (χ1) is 16.8. The van der Waals surface area contributed by atoms with Crippen LogP contribution in [0.2, 0.25) is 5.02 Å². The molecule has 35 heavy (non-hydrogen) atoms. The minimum atomic E-state index is -3.62. The van der Waals surface area contributed by atoms with E-state index in [1.165, 1.54) is 27.8 Å². The number of ether oxygens (including phenoxy) is 1. The molecule has 186 valence electrons. The van der Waals surface area contributed by atoms with Crippen molar-refractivity contribution in [2.45, 2.75) is 43.6 Å². The highest BCUT2D eigenvalue weighted by Gasteiger charge is 2.36. The van der Waals surface area contributed by atoms with E-state index in [1.54, 1.807) is 17.0 Å². The van der Waals surface area contributed by atoms with E-state index in [9.17, 15) is 13.2 Å². The Labute approximate surface area is 214 Å². The largest absolute Gasteiger partial charge is 0.376 e. The van der Waals surface area contributed by atoms with Crippen LogP contribution >= 0.6 is 22.9 Å². The summed E-state index contributed by atoms with van der Waals surface area (Å²) in [7, 11) is -3.62. The van der Waals surface area contributed by atoms with Crippen LogP contribution in [0, 0.1) is 12.8 Å². The Morgan fingerprint density at radius 2 is 1.91 bits per heavy atom. The maximum absolute atomic E-state index is 13.7. The van der Waals surface area contributed by atoms with Crippen molar-refractivity contribution in [2.24, 2.45) is 5.92 Å². The Bertz CT molecular complexity index is 1310. The molecule has 0 radical (unpaired) electrons. The Hall–Kier alpha value is -2.04. The molecule has 1 aromatic heterocycles. The van der Waals surface area contributed by atoms with Gasteiger partial charge in [0.1, 0.15) is 0 Å². The second-order valence-electron chi connectivity index (χ2n) is 9.18. The molecular weight excluding hydrogens is 506 g/mol. The van der Waals surface area contributed by atoms with Gasteiger partial charge in [-0.1, -0.05) is 29.0 Å². The third-order valence-corrected chi connectivity index (χ3v) is 9.90. The van der Waals surface area contributed by atoms with Crippen LogP contribution in [-0.2, 0) is 19.6 Å². The van der Waals surface area contributed by atoms with E-state index in [0.29, 0.717) is 49.2 Å². The first kappa shape index (κ1) is 24.6. The van der Waals surface area contributed by atoms with Crippen molar-refractivity contribution in [1.82, 2.24) is 9.29 Å². The third kappa shape index (κ3) is 5.24. The first-order valence-electron chi connectivity index (χ1n) is 11.9. The van der Waals surface area contributed by atoms with E-state index >= 15 is 0 Å². The Morgan fingerprint density at radius 3 is 2.60 bits per heavy atom. The molecule has 1 atom stereocenters. The number of anilines is 1. The zero-order chi connectivity index (χ0) is 24.6. The van der Waals surface area contributed by atoms with Gasteiger partial charge in [0.25, 0.3) is 0 Å². The number of sulfonamides is 1. The molecule has 2 aliphatic heterocycles. The van der Waals surface area contributed by atoms with Crippen LogP contribution in [0.5, 0.6) is 0 Å². The SMILES string of the molecule is Cc1ccc2nc(N(CC3CCCO3)C(=O)C3CCN(S(=O)(=O)c4ccc(Cl)cc4)CC3)sc2c1. The molecule has 7 nitrogen and oxygen atoms in total. The van der Waals surface area contributed by atoms with Gasteiger partial charge < -0.3 is 4.74 Å². The predicted octanol–water partition coefficient (Wildman–Crippen LogP) is 4.87. The highest BCUT2D eigenvalue weighted by molar-refractivity contribution is 7.89. The number of hydrogen-bond acceptors (Lipinski definition) is 6. The Morgan fingerprint density at radius 1 is 1.17 bits per heavy atom. The molecule has 5 rings (SSSR count). The van der Waals surface area contributed by atoms with Crippen molar-refractivity contribution < 1.29 is 17.9 Å². The lowest BCUT2D eigenvalue weighted by molar-refractivity contribution is -0.123. The number of amides is 1. The second-order valence-corrected chi connectivity index (χ2v) is 12.6. The third-order valence-electron chi connectivity index (χ3n) is 6.69. The van der Waals surface area contributed by atoms with Crippen LogP contribution in [0.1, 0.15) is 31.2 Å². The number of carbonyl (C=O) groups excluding carboxylic acids is 1. The summed E-state index contributed by atoms with van der Waals surface area (Å²) < 4.78 is 34.5. The molecule has 2 aromatic carbocycles. The quantitative estimate of drug-likeness (QED) is 0.451. The number of aromatic nitrogens is 1. The fourth-order valence-electron chi connectivity index (χ4n) is 4.71. The number of halogens is 1. The van der Waals surface area contributed by atoms with Gasteiger partial charge in [0, 0.05) is 30.6 Å². The van der Waals surface area contributed by atoms with Gasteiger partial charge in [0.2, 0.25) is 15.9 Å². The molecule has 0 bridgehead atoms. The van der Waals surface area contributed by atoms with E-state index in [4.69, 9.17) is 21.3 Å². The maximum Gasteiger partial charge on any atom is 0.243 e. The lowest BCUT2D eigenvalue weighted by Gasteiger charge is -2.33. The van der Waals surface area contributed by atoms with Crippen molar-refractivity contribution in [3.63, 3.8) is 0 Å². The average molecular weight is 534 g/mol. The zero-order valence-electron chi connectivity index (χ0n) is 19.5. The number of thiazole rings is 1. The molecule has 0 saturated carbocycles. The van der Waals surface area contributed by atoms with E-state index in [-0.39, 0.29) is 22.8 Å². The molecule has 1 amide bonds. The lowest BCUT2D eigenvalue weighted by Crippen LogP contribution is -2.46. The van der Waals surface area contributed by atoms with Gasteiger partial charge in [-0.05, 0) is 74.6 Å². The molecule has 2 saturated heterocycles. The van der Waals surface area contributed by atoms with Gasteiger partial charge in [-0.3, -0.25) is 9.69 Å². The van der Waals surface area contributed by atoms with E-state index in [0.717, 1.165) is 28.6 Å². The summed E-state index contributed by atoms with van der Waals surface area (Å²) in [5.41, 5.74) is 2.03. The zero-order valence-corrected chi connectivity index (χ0v) is 21.9. The minimum absolute atomic E-state index is 0.000168. The Balaban J connectivity index is 1.33. The van der Waals surface area contributed by atoms with Crippen molar-refractivity contribution in [3.05, 3.63) is 53.1 Å². The highest BCUT2D eigenvalue weighted by Crippen LogP contribution is 2.33. The van der Waals surface area contributed by atoms with E-state index < -0.39 is 10.0 Å². The lowest BCUT2D eigenvalue weighted by atomic mass is 9.96. The van der Waals surface area contributed by atoms with Gasteiger partial charge in [-0.25, -0.2) is 13.4 Å². The average Bonchev–Trinajstić information content (AvgIpc) is 3.52. The van der Waals surface area contributed by atoms with Crippen molar-refractivity contribution in [2.75, 3.05) is 31.1 Å². The Kier molecular flexibility index (Phi) is 7.14. The first-order valence-corrected chi connectivity index (χ1v) is 14.5. The van der Waals surface area contributed by atoms with Gasteiger partial charge in [0.15, 0.2) is 5.13 Å². The fourth-order valence-corrected chi connectivity index (χ4v) is 7.38. The molecule has 10 heteroatoms. The number of nitrogens with zero attached hydrogens (tertiary/aromatic N) is 3. The standard InChI is InChI=1S/C25H28ClN3O4S2/c1-17-4-9-22-23(15-17)34-25(27-22)29(16-20-3-2-14-33-20)24(30)18-10-12-28(13-11-18)35(31,32)21-7-5-19(26)6-8-21/h4-9,15,18,20H,2-3,10-14,16H2,1H3. The number of piperidine rings is 1. The van der Waals surface area contributed by atoms with Crippen molar-refractivity contribution in [3.8, 4) is 0 Å². The van der Waals surface area contributed by atoms with Crippen LogP contribution in [0.25, 0.3) is 10.2 Å². The number of carbonyl (C=O) groups is 1. The summed E-state index contributed by atoms with van der Waals surface area (Å²) >= 11 is 7.43. The van der Waals surface area contributed by atoms with Crippen molar-refractivity contribution in [1.29, 1.82) is 0 Å². The molecule has 0 N–H and O–H groups in total. The van der Waals surface area contributed by atoms with Gasteiger partial charge in [-0.2, -0.15) is 4.31 Å². The summed E-state index contributed by atoms with van der Waals surface area (Å²) in [4.78, 5) is 20.5. The number of aryl methyl sites for hydroxylation is 1. The molecule has 3 heterocycles. The van der Waals surface area contributed by atoms with Gasteiger partial charge in [0.05, 0.1) is 27.8 Å². The van der Waals surface area contributed by atoms with Gasteiger partial charge >= 0.3 is 0 Å². The number of fused-ring (bicyclic) bond motifs is 1. The summed E-state index contributed by atoms with van der Waals surface area (Å²) in [6.45, 7) is 3.83. The van der Waals surface area contributed by atoms with Crippen molar-refractivity contribution >= 4 is 54.2 Å². The molecule has 1 unspecified atom stereocenters. The van der Waals surface area contributed by atoms with E-state index in [1.807, 2.05) is 19.1 Å². The fraction of sp³-hybridized carbons (Fsp3) is 0.440. The van der Waals surface area contributed by atoms with Crippen LogP contribution in [0.15, 0.2) is 47.4 Å². The van der Waals surface area contributed by atoms with Crippen LogP contribution < -0.4 is 4.90 Å². The van der Waals surface area contributed by atoms with Crippen LogP contribution in [-0.4, -0.2) is 56.0 Å². The van der Waals surface area contributed by atoms with Crippen LogP contribution in [0.4, 0.5) is 5.13 Å². The number of hydrogen-bond donors (Lipinski definition) is 0. The second kappa shape index (κ2) is 10.1. The highest BCUT2D eigenvalue weighted by atomic mass is 35.5. The molecule has 0 aliphatic carbocycles. The topological polar surface area (TPSA) is 79.8 Å². The summed E-state index contributed by atoms with van der Waals surface area (Å²) in [6.07, 6.45) is 2.85. The minimum Gasteiger partial charge on any atom is -0.376 e. The summed E-state index contributed by atoms with van der Waals surface area (Å²) in [5, 5.41) is 1.17.